The summed E-state index contributed by atoms with van der Waals surface area (Å²) >= 11 is 0. The van der Waals surface area contributed by atoms with Crippen LogP contribution in [0.1, 0.15) is 0 Å². The van der Waals surface area contributed by atoms with Gasteiger partial charge in [0.25, 0.3) is 0 Å². The van der Waals surface area contributed by atoms with Gasteiger partial charge in [-0.1, -0.05) is 0 Å². The summed E-state index contributed by atoms with van der Waals surface area (Å²) in [5.41, 5.74) is 0. The fraction of sp³-hybridized carbons (Fsp3) is 0.400. The third-order valence-corrected chi connectivity index (χ3v) is 1.62. The molecule has 5 heteroatoms. The molecule has 15 heavy (non-hydrogen) atoms. The SMILES string of the molecule is OCCOCCOc1ccc(F)c(F)c1. The van der Waals surface area contributed by atoms with Crippen molar-refractivity contribution in [3.8, 4) is 5.75 Å². The van der Waals surface area contributed by atoms with Crippen molar-refractivity contribution in [2.75, 3.05) is 26.4 Å². The summed E-state index contributed by atoms with van der Waals surface area (Å²) in [5, 5.41) is 8.39. The molecule has 0 atom stereocenters. The molecule has 1 aromatic rings. The summed E-state index contributed by atoms with van der Waals surface area (Å²) in [6.45, 7) is 0.705. The van der Waals surface area contributed by atoms with Crippen LogP contribution >= 0.6 is 0 Å². The van der Waals surface area contributed by atoms with Crippen molar-refractivity contribution in [1.82, 2.24) is 0 Å². The molecule has 0 fully saturated rings. The summed E-state index contributed by atoms with van der Waals surface area (Å²) in [6.07, 6.45) is 0. The Morgan fingerprint density at radius 1 is 1.07 bits per heavy atom. The number of halogens is 2. The zero-order valence-electron chi connectivity index (χ0n) is 8.08. The highest BCUT2D eigenvalue weighted by Gasteiger charge is 2.02. The van der Waals surface area contributed by atoms with Crippen molar-refractivity contribution in [3.05, 3.63) is 29.8 Å². The highest BCUT2D eigenvalue weighted by molar-refractivity contribution is 5.23. The topological polar surface area (TPSA) is 38.7 Å². The van der Waals surface area contributed by atoms with Gasteiger partial charge in [-0.25, -0.2) is 8.78 Å². The molecule has 1 N–H and O–H groups in total. The lowest BCUT2D eigenvalue weighted by molar-refractivity contribution is 0.0704. The van der Waals surface area contributed by atoms with Gasteiger partial charge >= 0.3 is 0 Å². The molecule has 0 saturated heterocycles. The lowest BCUT2D eigenvalue weighted by Crippen LogP contribution is -2.09. The Morgan fingerprint density at radius 3 is 2.53 bits per heavy atom. The summed E-state index contributed by atoms with van der Waals surface area (Å²) in [6, 6.07) is 3.31. The van der Waals surface area contributed by atoms with Gasteiger partial charge in [0.15, 0.2) is 11.6 Å². The maximum Gasteiger partial charge on any atom is 0.162 e. The Morgan fingerprint density at radius 2 is 1.87 bits per heavy atom. The van der Waals surface area contributed by atoms with E-state index in [-0.39, 0.29) is 25.6 Å². The molecule has 0 radical (unpaired) electrons. The number of rotatable bonds is 6. The predicted octanol–water partition coefficient (Wildman–Crippen LogP) is 1.35. The number of aliphatic hydroxyl groups excluding tert-OH is 1. The zero-order valence-corrected chi connectivity index (χ0v) is 8.08. The maximum atomic E-state index is 12.7. The first kappa shape index (κ1) is 11.9. The van der Waals surface area contributed by atoms with E-state index in [4.69, 9.17) is 14.6 Å². The number of benzene rings is 1. The van der Waals surface area contributed by atoms with E-state index < -0.39 is 11.6 Å². The van der Waals surface area contributed by atoms with Crippen LogP contribution in [0.25, 0.3) is 0 Å². The molecule has 0 bridgehead atoms. The maximum absolute atomic E-state index is 12.7. The van der Waals surface area contributed by atoms with E-state index in [0.717, 1.165) is 12.1 Å². The molecule has 1 aromatic carbocycles. The molecule has 0 aliphatic rings. The quantitative estimate of drug-likeness (QED) is 0.732. The summed E-state index contributed by atoms with van der Waals surface area (Å²) in [4.78, 5) is 0. The molecular formula is C10H12F2O3. The van der Waals surface area contributed by atoms with Crippen LogP contribution in [0, 0.1) is 11.6 Å². The van der Waals surface area contributed by atoms with Gasteiger partial charge in [-0.2, -0.15) is 0 Å². The van der Waals surface area contributed by atoms with Crippen LogP contribution < -0.4 is 4.74 Å². The molecule has 0 saturated carbocycles. The third-order valence-electron chi connectivity index (χ3n) is 1.62. The third kappa shape index (κ3) is 4.22. The molecule has 0 heterocycles. The molecule has 0 amide bonds. The van der Waals surface area contributed by atoms with Gasteiger partial charge in [-0.3, -0.25) is 0 Å². The van der Waals surface area contributed by atoms with Gasteiger partial charge in [0.05, 0.1) is 19.8 Å². The Hall–Kier alpha value is -1.20. The van der Waals surface area contributed by atoms with Gasteiger partial charge in [0, 0.05) is 6.07 Å². The van der Waals surface area contributed by atoms with Crippen molar-refractivity contribution < 1.29 is 23.4 Å². The minimum atomic E-state index is -0.941. The first-order chi connectivity index (χ1) is 7.24. The van der Waals surface area contributed by atoms with Crippen LogP contribution in [0.5, 0.6) is 5.75 Å². The summed E-state index contributed by atoms with van der Waals surface area (Å²) < 4.78 is 35.2. The second kappa shape index (κ2) is 6.31. The number of aliphatic hydroxyl groups is 1. The average Bonchev–Trinajstić information content (AvgIpc) is 2.23. The first-order valence-corrected chi connectivity index (χ1v) is 4.50. The van der Waals surface area contributed by atoms with Crippen molar-refractivity contribution in [2.24, 2.45) is 0 Å². The average molecular weight is 218 g/mol. The molecular weight excluding hydrogens is 206 g/mol. The second-order valence-electron chi connectivity index (χ2n) is 2.76. The summed E-state index contributed by atoms with van der Waals surface area (Å²) in [5.74, 6) is -1.59. The highest BCUT2D eigenvalue weighted by Crippen LogP contribution is 2.14. The van der Waals surface area contributed by atoms with Gasteiger partial charge in [-0.15, -0.1) is 0 Å². The fourth-order valence-electron chi connectivity index (χ4n) is 0.952. The van der Waals surface area contributed by atoms with E-state index in [0.29, 0.717) is 6.61 Å². The van der Waals surface area contributed by atoms with Crippen molar-refractivity contribution >= 4 is 0 Å². The normalized spacial score (nSPS) is 10.3. The van der Waals surface area contributed by atoms with E-state index >= 15 is 0 Å². The van der Waals surface area contributed by atoms with Crippen LogP contribution in [-0.4, -0.2) is 31.5 Å². The highest BCUT2D eigenvalue weighted by atomic mass is 19.2. The lowest BCUT2D eigenvalue weighted by atomic mass is 10.3. The van der Waals surface area contributed by atoms with E-state index in [2.05, 4.69) is 0 Å². The molecule has 0 unspecified atom stereocenters. The van der Waals surface area contributed by atoms with E-state index in [1.807, 2.05) is 0 Å². The smallest absolute Gasteiger partial charge is 0.162 e. The van der Waals surface area contributed by atoms with Crippen LogP contribution in [0.4, 0.5) is 8.78 Å². The Kier molecular flexibility index (Phi) is 5.00. The Labute approximate surface area is 86.2 Å². The predicted molar refractivity (Wildman–Crippen MR) is 49.8 cm³/mol. The molecule has 3 nitrogen and oxygen atoms in total. The van der Waals surface area contributed by atoms with Gasteiger partial charge < -0.3 is 14.6 Å². The van der Waals surface area contributed by atoms with Crippen LogP contribution in [0.2, 0.25) is 0 Å². The number of hydrogen-bond acceptors (Lipinski definition) is 3. The number of ether oxygens (including phenoxy) is 2. The molecule has 0 aliphatic carbocycles. The Balaban J connectivity index is 2.28. The van der Waals surface area contributed by atoms with Crippen molar-refractivity contribution in [2.45, 2.75) is 0 Å². The van der Waals surface area contributed by atoms with E-state index in [1.54, 1.807) is 0 Å². The number of hydrogen-bond donors (Lipinski definition) is 1. The first-order valence-electron chi connectivity index (χ1n) is 4.50. The second-order valence-corrected chi connectivity index (χ2v) is 2.76. The van der Waals surface area contributed by atoms with E-state index in [1.165, 1.54) is 6.07 Å². The monoisotopic (exact) mass is 218 g/mol. The minimum Gasteiger partial charge on any atom is -0.491 e. The van der Waals surface area contributed by atoms with Crippen LogP contribution in [-0.2, 0) is 4.74 Å². The largest absolute Gasteiger partial charge is 0.491 e. The van der Waals surface area contributed by atoms with Crippen LogP contribution in [0.15, 0.2) is 18.2 Å². The standard InChI is InChI=1S/C10H12F2O3/c11-9-2-1-8(7-10(9)12)15-6-5-14-4-3-13/h1-2,7,13H,3-6H2. The molecule has 84 valence electrons. The molecule has 1 rings (SSSR count). The molecule has 0 spiro atoms. The van der Waals surface area contributed by atoms with Gasteiger partial charge in [0.2, 0.25) is 0 Å². The zero-order chi connectivity index (χ0) is 11.1. The Bertz CT molecular complexity index is 305. The van der Waals surface area contributed by atoms with Crippen molar-refractivity contribution in [1.29, 1.82) is 0 Å². The van der Waals surface area contributed by atoms with Gasteiger partial charge in [-0.05, 0) is 12.1 Å². The lowest BCUT2D eigenvalue weighted by Gasteiger charge is -2.06. The summed E-state index contributed by atoms with van der Waals surface area (Å²) in [7, 11) is 0. The minimum absolute atomic E-state index is 0.0504. The van der Waals surface area contributed by atoms with Crippen molar-refractivity contribution in [3.63, 3.8) is 0 Å². The fourth-order valence-corrected chi connectivity index (χ4v) is 0.952. The van der Waals surface area contributed by atoms with E-state index in [9.17, 15) is 8.78 Å². The van der Waals surface area contributed by atoms with Gasteiger partial charge in [0.1, 0.15) is 12.4 Å². The molecule has 0 aromatic heterocycles. The van der Waals surface area contributed by atoms with Crippen LogP contribution in [0.3, 0.4) is 0 Å². The molecule has 0 aliphatic heterocycles.